The van der Waals surface area contributed by atoms with Crippen molar-refractivity contribution in [1.29, 1.82) is 0 Å². The fourth-order valence-electron chi connectivity index (χ4n) is 3.52. The van der Waals surface area contributed by atoms with Crippen molar-refractivity contribution >= 4 is 21.0 Å². The number of ether oxygens (including phenoxy) is 1. The summed E-state index contributed by atoms with van der Waals surface area (Å²) in [5.41, 5.74) is 4.41. The van der Waals surface area contributed by atoms with Gasteiger partial charge in [-0.3, -0.25) is 0 Å². The average Bonchev–Trinajstić information content (AvgIpc) is 2.47. The van der Waals surface area contributed by atoms with Crippen LogP contribution in [0, 0.1) is 23.0 Å². The Hall–Kier alpha value is -2.23. The molecule has 0 radical (unpaired) electrons. The maximum atomic E-state index is 13.1. The molecule has 3 N–H and O–H groups in total. The van der Waals surface area contributed by atoms with Crippen LogP contribution in [-0.4, -0.2) is 37.1 Å². The predicted octanol–water partition coefficient (Wildman–Crippen LogP) is 3.44. The van der Waals surface area contributed by atoms with E-state index in [1.807, 2.05) is 0 Å². The fourth-order valence-corrected chi connectivity index (χ4v) is 4.24. The summed E-state index contributed by atoms with van der Waals surface area (Å²) in [7, 11) is -3.99. The molecule has 1 fully saturated rings. The smallest absolute Gasteiger partial charge is 0.404 e. The van der Waals surface area contributed by atoms with Gasteiger partial charge in [-0.05, 0) is 42.7 Å². The molecule has 1 amide bonds. The van der Waals surface area contributed by atoms with Gasteiger partial charge in [0.15, 0.2) is 9.84 Å². The number of carbonyl (C=O) groups excluding carboxylic acids is 1. The van der Waals surface area contributed by atoms with E-state index in [1.54, 1.807) is 0 Å². The first-order valence-corrected chi connectivity index (χ1v) is 10.5. The van der Waals surface area contributed by atoms with E-state index in [4.69, 9.17) is 15.7 Å². The lowest BCUT2D eigenvalue weighted by Crippen LogP contribution is -2.35. The Morgan fingerprint density at radius 2 is 1.82 bits per heavy atom. The molecule has 1 aromatic carbocycles. The third-order valence-corrected chi connectivity index (χ3v) is 5.24. The van der Waals surface area contributed by atoms with E-state index in [-0.39, 0.29) is 11.5 Å². The van der Waals surface area contributed by atoms with E-state index in [0.717, 1.165) is 31.0 Å². The molecule has 0 heterocycles. The number of amides is 1. The minimum atomic E-state index is -3.99. The molecule has 158 valence electrons. The Morgan fingerprint density at radius 1 is 1.29 bits per heavy atom. The Bertz CT molecular complexity index is 820. The standard InChI is InChI=1S/C10H19NO2.C8H7F2NO3S/c1-7-4-8(13-9(11)12)6-10(2,3)5-7;1-15(13,14)8(11-12)7-5(9)3-2-4-6(7)10/h7-8H,4-6H2,1-3H3,(H2,11,12);2-4,12H,1H3/b;11-8+. The number of hydrogen-bond acceptors (Lipinski definition) is 6. The highest BCUT2D eigenvalue weighted by molar-refractivity contribution is 8.06. The van der Waals surface area contributed by atoms with E-state index in [2.05, 4.69) is 25.9 Å². The van der Waals surface area contributed by atoms with E-state index in [1.165, 1.54) is 6.42 Å². The summed E-state index contributed by atoms with van der Waals surface area (Å²) >= 11 is 0. The zero-order valence-electron chi connectivity index (χ0n) is 16.3. The first-order chi connectivity index (χ1) is 12.8. The van der Waals surface area contributed by atoms with E-state index < -0.39 is 38.2 Å². The highest BCUT2D eigenvalue weighted by Gasteiger charge is 2.33. The molecule has 2 atom stereocenters. The van der Waals surface area contributed by atoms with Crippen molar-refractivity contribution < 1.29 is 31.9 Å². The van der Waals surface area contributed by atoms with Crippen LogP contribution < -0.4 is 5.73 Å². The monoisotopic (exact) mass is 420 g/mol. The molecule has 0 spiro atoms. The van der Waals surface area contributed by atoms with Crippen LogP contribution in [0.1, 0.15) is 45.6 Å². The number of benzene rings is 1. The van der Waals surface area contributed by atoms with Crippen LogP contribution in [-0.2, 0) is 14.6 Å². The Kier molecular flexibility index (Phi) is 7.92. The van der Waals surface area contributed by atoms with E-state index >= 15 is 0 Å². The molecule has 2 unspecified atom stereocenters. The summed E-state index contributed by atoms with van der Waals surface area (Å²) < 4.78 is 53.4. The number of rotatable bonds is 2. The third kappa shape index (κ3) is 7.06. The summed E-state index contributed by atoms with van der Waals surface area (Å²) in [4.78, 5) is 10.6. The quantitative estimate of drug-likeness (QED) is 0.329. The van der Waals surface area contributed by atoms with Gasteiger partial charge in [0.1, 0.15) is 17.7 Å². The number of nitrogens with two attached hydrogens (primary N) is 1. The maximum absolute atomic E-state index is 13.1. The minimum Gasteiger partial charge on any atom is -0.446 e. The lowest BCUT2D eigenvalue weighted by atomic mass is 9.71. The van der Waals surface area contributed by atoms with Gasteiger partial charge >= 0.3 is 6.09 Å². The predicted molar refractivity (Wildman–Crippen MR) is 101 cm³/mol. The first kappa shape index (κ1) is 23.8. The van der Waals surface area contributed by atoms with Crippen LogP contribution in [0.3, 0.4) is 0 Å². The Labute approximate surface area is 163 Å². The van der Waals surface area contributed by atoms with Crippen molar-refractivity contribution in [2.24, 2.45) is 22.2 Å². The second kappa shape index (κ2) is 9.31. The number of sulfone groups is 1. The van der Waals surface area contributed by atoms with Gasteiger partial charge in [-0.2, -0.15) is 0 Å². The molecular weight excluding hydrogens is 394 g/mol. The minimum absolute atomic E-state index is 0.0243. The van der Waals surface area contributed by atoms with Crippen molar-refractivity contribution in [3.05, 3.63) is 35.4 Å². The number of nitrogens with zero attached hydrogens (tertiary/aromatic N) is 1. The number of halogens is 2. The largest absolute Gasteiger partial charge is 0.446 e. The molecule has 0 saturated heterocycles. The second-order valence-corrected chi connectivity index (χ2v) is 9.68. The van der Waals surface area contributed by atoms with Gasteiger partial charge in [0.05, 0.1) is 5.56 Å². The van der Waals surface area contributed by atoms with Gasteiger partial charge in [0.2, 0.25) is 5.04 Å². The highest BCUT2D eigenvalue weighted by atomic mass is 32.2. The lowest BCUT2D eigenvalue weighted by molar-refractivity contribution is 0.0230. The zero-order valence-corrected chi connectivity index (χ0v) is 17.1. The van der Waals surface area contributed by atoms with Gasteiger partial charge in [-0.25, -0.2) is 22.0 Å². The van der Waals surface area contributed by atoms with Gasteiger partial charge in [0, 0.05) is 6.26 Å². The summed E-state index contributed by atoms with van der Waals surface area (Å²) in [5.74, 6) is -1.59. The number of oxime groups is 1. The summed E-state index contributed by atoms with van der Waals surface area (Å²) in [6.07, 6.45) is 3.15. The van der Waals surface area contributed by atoms with Crippen LogP contribution in [0.4, 0.5) is 13.6 Å². The molecule has 0 aromatic heterocycles. The van der Waals surface area contributed by atoms with Gasteiger partial charge in [-0.15, -0.1) is 0 Å². The van der Waals surface area contributed by atoms with Crippen LogP contribution in [0.15, 0.2) is 23.4 Å². The molecule has 0 bridgehead atoms. The van der Waals surface area contributed by atoms with Gasteiger partial charge < -0.3 is 15.7 Å². The highest BCUT2D eigenvalue weighted by Crippen LogP contribution is 2.39. The van der Waals surface area contributed by atoms with Crippen molar-refractivity contribution in [2.75, 3.05) is 6.26 Å². The molecule has 1 saturated carbocycles. The number of carbonyl (C=O) groups is 1. The van der Waals surface area contributed by atoms with Crippen LogP contribution in [0.2, 0.25) is 0 Å². The van der Waals surface area contributed by atoms with Crippen molar-refractivity contribution in [3.63, 3.8) is 0 Å². The number of hydrogen-bond donors (Lipinski definition) is 2. The molecule has 10 heteroatoms. The zero-order chi connectivity index (χ0) is 21.7. The fraction of sp³-hybridized carbons (Fsp3) is 0.556. The SMILES string of the molecule is CC1CC(OC(N)=O)CC(C)(C)C1.CS(=O)(=O)/C(=N/O)c1c(F)cccc1F. The molecule has 0 aliphatic heterocycles. The molecule has 2 rings (SSSR count). The molecule has 1 aliphatic carbocycles. The van der Waals surface area contributed by atoms with Crippen molar-refractivity contribution in [2.45, 2.75) is 46.1 Å². The van der Waals surface area contributed by atoms with E-state index in [0.29, 0.717) is 12.2 Å². The Morgan fingerprint density at radius 3 is 2.21 bits per heavy atom. The van der Waals surface area contributed by atoms with Gasteiger partial charge in [-0.1, -0.05) is 32.0 Å². The van der Waals surface area contributed by atoms with Crippen LogP contribution >= 0.6 is 0 Å². The lowest BCUT2D eigenvalue weighted by Gasteiger charge is -2.38. The summed E-state index contributed by atoms with van der Waals surface area (Å²) in [5, 5.41) is 9.81. The number of primary amides is 1. The Balaban J connectivity index is 0.000000283. The first-order valence-electron chi connectivity index (χ1n) is 8.59. The van der Waals surface area contributed by atoms with Crippen LogP contribution in [0.5, 0.6) is 0 Å². The van der Waals surface area contributed by atoms with Crippen LogP contribution in [0.25, 0.3) is 0 Å². The van der Waals surface area contributed by atoms with Crippen molar-refractivity contribution in [1.82, 2.24) is 0 Å². The van der Waals surface area contributed by atoms with Crippen molar-refractivity contribution in [3.8, 4) is 0 Å². The molecule has 7 nitrogen and oxygen atoms in total. The summed E-state index contributed by atoms with van der Waals surface area (Å²) in [6.45, 7) is 6.61. The van der Waals surface area contributed by atoms with E-state index in [9.17, 15) is 22.0 Å². The second-order valence-electron chi connectivity index (χ2n) is 7.75. The molecule has 1 aliphatic rings. The third-order valence-electron chi connectivity index (χ3n) is 4.25. The molecule has 1 aromatic rings. The molecule has 28 heavy (non-hydrogen) atoms. The normalized spacial score (nSPS) is 22.0. The topological polar surface area (TPSA) is 119 Å². The average molecular weight is 420 g/mol. The molecular formula is C18H26F2N2O5S. The summed E-state index contributed by atoms with van der Waals surface area (Å²) in [6, 6.07) is 2.81. The van der Waals surface area contributed by atoms with Gasteiger partial charge in [0.25, 0.3) is 0 Å². The maximum Gasteiger partial charge on any atom is 0.404 e.